The van der Waals surface area contributed by atoms with Gasteiger partial charge in [-0.3, -0.25) is 9.59 Å². The Labute approximate surface area is 252 Å². The van der Waals surface area contributed by atoms with Crippen LogP contribution in [0.1, 0.15) is 44.7 Å². The summed E-state index contributed by atoms with van der Waals surface area (Å²) in [5.41, 5.74) is 7.97. The summed E-state index contributed by atoms with van der Waals surface area (Å²) in [4.78, 5) is 52.8. The minimum absolute atomic E-state index is 0.0477. The molecule has 12 nitrogen and oxygen atoms in total. The van der Waals surface area contributed by atoms with Gasteiger partial charge in [0.25, 0.3) is 11.8 Å². The molecule has 44 heavy (non-hydrogen) atoms. The van der Waals surface area contributed by atoms with Gasteiger partial charge >= 0.3 is 5.97 Å². The topological polar surface area (TPSA) is 163 Å². The number of esters is 1. The number of hydrogen-bond acceptors (Lipinski definition) is 9. The molecule has 222 valence electrons. The molecule has 3 aromatic heterocycles. The van der Waals surface area contributed by atoms with Crippen molar-refractivity contribution in [1.82, 2.24) is 24.8 Å². The number of nitrogen functional groups attached to an aromatic ring is 1. The van der Waals surface area contributed by atoms with Crippen LogP contribution in [-0.4, -0.2) is 57.6 Å². The van der Waals surface area contributed by atoms with Crippen molar-refractivity contribution in [1.29, 1.82) is 0 Å². The lowest BCUT2D eigenvalue weighted by Crippen LogP contribution is -2.26. The number of amides is 2. The average Bonchev–Trinajstić information content (AvgIpc) is 3.44. The van der Waals surface area contributed by atoms with Crippen LogP contribution in [0.5, 0.6) is 5.75 Å². The van der Waals surface area contributed by atoms with Crippen molar-refractivity contribution < 1.29 is 23.9 Å². The van der Waals surface area contributed by atoms with Gasteiger partial charge in [0.15, 0.2) is 5.69 Å². The standard InChI is InChI=1S/C32H29N7O5/c1-3-9-36-31(41)25-7-6-21(27(38-25)32(42)43-2)22-17-26-24(29-35-11-12-39(29)13-14-44-26)16-23(22)30(40)37-19-4-5-20-18(15-19)8-10-34-28(20)33/h4-8,10-12,15-17H,3,9,13-14H2,1-2H3,(H2,33,34)(H,36,41)(H,37,40). The molecular formula is C32H29N7O5. The summed E-state index contributed by atoms with van der Waals surface area (Å²) < 4.78 is 13.1. The number of carbonyl (C=O) groups excluding carboxylic acids is 3. The number of methoxy groups -OCH3 is 1. The van der Waals surface area contributed by atoms with Gasteiger partial charge in [0, 0.05) is 52.9 Å². The number of aromatic nitrogens is 4. The highest BCUT2D eigenvalue weighted by Gasteiger charge is 2.27. The van der Waals surface area contributed by atoms with E-state index in [1.807, 2.05) is 17.7 Å². The van der Waals surface area contributed by atoms with E-state index in [0.717, 1.165) is 17.2 Å². The van der Waals surface area contributed by atoms with E-state index in [4.69, 9.17) is 15.2 Å². The maximum Gasteiger partial charge on any atom is 0.357 e. The number of hydrogen-bond donors (Lipinski definition) is 3. The zero-order chi connectivity index (χ0) is 30.8. The number of rotatable bonds is 7. The highest BCUT2D eigenvalue weighted by molar-refractivity contribution is 6.12. The van der Waals surface area contributed by atoms with E-state index in [-0.39, 0.29) is 17.0 Å². The van der Waals surface area contributed by atoms with Gasteiger partial charge < -0.3 is 30.4 Å². The third-order valence-corrected chi connectivity index (χ3v) is 7.30. The second kappa shape index (κ2) is 11.8. The first-order valence-electron chi connectivity index (χ1n) is 14.0. The molecule has 0 radical (unpaired) electrons. The lowest BCUT2D eigenvalue weighted by Gasteiger charge is -2.17. The van der Waals surface area contributed by atoms with Crippen LogP contribution in [0.15, 0.2) is 67.1 Å². The zero-order valence-corrected chi connectivity index (χ0v) is 24.1. The molecule has 0 spiro atoms. The summed E-state index contributed by atoms with van der Waals surface area (Å²) in [6.07, 6.45) is 5.87. The average molecular weight is 592 g/mol. The minimum atomic E-state index is -0.761. The number of nitrogens with two attached hydrogens (primary N) is 1. The molecule has 1 aliphatic heterocycles. The number of carbonyl (C=O) groups is 3. The van der Waals surface area contributed by atoms with Crippen LogP contribution in [0.4, 0.5) is 11.5 Å². The Morgan fingerprint density at radius 3 is 2.68 bits per heavy atom. The van der Waals surface area contributed by atoms with Crippen LogP contribution in [0, 0.1) is 0 Å². The Hall–Kier alpha value is -5.78. The van der Waals surface area contributed by atoms with E-state index < -0.39 is 17.8 Å². The predicted molar refractivity (Wildman–Crippen MR) is 164 cm³/mol. The summed E-state index contributed by atoms with van der Waals surface area (Å²) >= 11 is 0. The zero-order valence-electron chi connectivity index (χ0n) is 24.1. The smallest absolute Gasteiger partial charge is 0.357 e. The molecule has 2 amide bonds. The number of ether oxygens (including phenoxy) is 2. The van der Waals surface area contributed by atoms with E-state index in [0.29, 0.717) is 59.5 Å². The molecule has 0 saturated heterocycles. The van der Waals surface area contributed by atoms with E-state index in [1.165, 1.54) is 13.2 Å². The van der Waals surface area contributed by atoms with Gasteiger partial charge in [-0.1, -0.05) is 6.92 Å². The van der Waals surface area contributed by atoms with Crippen molar-refractivity contribution in [2.24, 2.45) is 0 Å². The normalized spacial score (nSPS) is 12.0. The van der Waals surface area contributed by atoms with Gasteiger partial charge in [0.05, 0.1) is 19.2 Å². The minimum Gasteiger partial charge on any atom is -0.491 e. The van der Waals surface area contributed by atoms with Crippen molar-refractivity contribution in [3.05, 3.63) is 84.1 Å². The van der Waals surface area contributed by atoms with E-state index in [1.54, 1.807) is 54.9 Å². The summed E-state index contributed by atoms with van der Waals surface area (Å²) in [5, 5.41) is 7.30. The van der Waals surface area contributed by atoms with E-state index in [2.05, 4.69) is 25.6 Å². The van der Waals surface area contributed by atoms with Crippen LogP contribution >= 0.6 is 0 Å². The summed E-state index contributed by atoms with van der Waals surface area (Å²) in [7, 11) is 1.23. The third kappa shape index (κ3) is 5.28. The van der Waals surface area contributed by atoms with Gasteiger partial charge in [-0.15, -0.1) is 0 Å². The molecular weight excluding hydrogens is 562 g/mol. The predicted octanol–water partition coefficient (Wildman–Crippen LogP) is 4.31. The monoisotopic (exact) mass is 591 g/mol. The molecule has 2 aromatic carbocycles. The maximum absolute atomic E-state index is 14.1. The molecule has 1 aliphatic rings. The van der Waals surface area contributed by atoms with Crippen molar-refractivity contribution >= 4 is 40.1 Å². The van der Waals surface area contributed by atoms with Gasteiger partial charge in [-0.25, -0.2) is 19.7 Å². The first-order valence-corrected chi connectivity index (χ1v) is 14.0. The quantitative estimate of drug-likeness (QED) is 0.234. The molecule has 0 aliphatic carbocycles. The second-order valence-corrected chi connectivity index (χ2v) is 10.1. The highest BCUT2D eigenvalue weighted by atomic mass is 16.5. The van der Waals surface area contributed by atoms with Crippen molar-refractivity contribution in [3.63, 3.8) is 0 Å². The van der Waals surface area contributed by atoms with Crippen LogP contribution in [-0.2, 0) is 11.3 Å². The van der Waals surface area contributed by atoms with Crippen LogP contribution in [0.25, 0.3) is 33.3 Å². The number of pyridine rings is 2. The Morgan fingerprint density at radius 1 is 1.00 bits per heavy atom. The molecule has 0 unspecified atom stereocenters. The first kappa shape index (κ1) is 28.3. The molecule has 0 saturated carbocycles. The number of anilines is 2. The molecule has 12 heteroatoms. The van der Waals surface area contributed by atoms with Crippen molar-refractivity contribution in [3.8, 4) is 28.3 Å². The Bertz CT molecular complexity index is 1930. The second-order valence-electron chi connectivity index (χ2n) is 10.1. The van der Waals surface area contributed by atoms with Gasteiger partial charge in [-0.05, 0) is 60.3 Å². The van der Waals surface area contributed by atoms with Crippen molar-refractivity contribution in [2.75, 3.05) is 31.3 Å². The molecule has 6 rings (SSSR count). The maximum atomic E-state index is 14.1. The fourth-order valence-electron chi connectivity index (χ4n) is 5.13. The molecule has 5 aromatic rings. The number of benzene rings is 2. The fourth-order valence-corrected chi connectivity index (χ4v) is 5.13. The van der Waals surface area contributed by atoms with E-state index >= 15 is 0 Å². The Balaban J connectivity index is 1.50. The lowest BCUT2D eigenvalue weighted by atomic mass is 9.94. The van der Waals surface area contributed by atoms with Gasteiger partial charge in [-0.2, -0.15) is 0 Å². The number of nitrogens with zero attached hydrogens (tertiary/aromatic N) is 4. The number of nitrogens with one attached hydrogen (secondary N) is 2. The third-order valence-electron chi connectivity index (χ3n) is 7.30. The SMILES string of the molecule is CCCNC(=O)c1ccc(-c2cc3c(cc2C(=O)Nc2ccc4c(N)nccc4c2)-c2nccn2CCO3)c(C(=O)OC)n1. The van der Waals surface area contributed by atoms with Crippen LogP contribution < -0.4 is 21.1 Å². The lowest BCUT2D eigenvalue weighted by molar-refractivity contribution is 0.0594. The van der Waals surface area contributed by atoms with Crippen LogP contribution in [0.2, 0.25) is 0 Å². The molecule has 0 fully saturated rings. The fraction of sp³-hybridized carbons (Fsp3) is 0.188. The summed E-state index contributed by atoms with van der Waals surface area (Å²) in [6.45, 7) is 3.32. The van der Waals surface area contributed by atoms with Crippen LogP contribution in [0.3, 0.4) is 0 Å². The Morgan fingerprint density at radius 2 is 1.86 bits per heavy atom. The van der Waals surface area contributed by atoms with Gasteiger partial charge in [0.2, 0.25) is 0 Å². The summed E-state index contributed by atoms with van der Waals surface area (Å²) in [6, 6.07) is 13.6. The Kier molecular flexibility index (Phi) is 7.63. The molecule has 4 N–H and O–H groups in total. The molecule has 0 atom stereocenters. The largest absolute Gasteiger partial charge is 0.491 e. The van der Waals surface area contributed by atoms with Gasteiger partial charge in [0.1, 0.15) is 29.7 Å². The van der Waals surface area contributed by atoms with E-state index in [9.17, 15) is 14.4 Å². The molecule has 0 bridgehead atoms. The number of imidazole rings is 1. The first-order chi connectivity index (χ1) is 21.4. The highest BCUT2D eigenvalue weighted by Crippen LogP contribution is 2.39. The van der Waals surface area contributed by atoms with Crippen molar-refractivity contribution in [2.45, 2.75) is 19.9 Å². The summed E-state index contributed by atoms with van der Waals surface area (Å²) in [5.74, 6) is -0.128. The number of fused-ring (bicyclic) bond motifs is 4. The molecule has 4 heterocycles.